The third-order valence-corrected chi connectivity index (χ3v) is 5.72. The summed E-state index contributed by atoms with van der Waals surface area (Å²) in [7, 11) is 0. The van der Waals surface area contributed by atoms with Crippen LogP contribution in [0.3, 0.4) is 0 Å². The van der Waals surface area contributed by atoms with Gasteiger partial charge in [0, 0.05) is 57.0 Å². The zero-order valence-corrected chi connectivity index (χ0v) is 15.7. The molecule has 6 heteroatoms. The maximum absolute atomic E-state index is 13.0. The number of amides is 1. The molecule has 0 bridgehead atoms. The SMILES string of the molecule is O=C(c1cccc2nccnc12)N1CC(N(Cc2ccncc2)CC2CC2)C1. The van der Waals surface area contributed by atoms with Gasteiger partial charge in [0.25, 0.3) is 5.91 Å². The fourth-order valence-electron chi connectivity index (χ4n) is 3.89. The zero-order valence-electron chi connectivity index (χ0n) is 15.7. The summed E-state index contributed by atoms with van der Waals surface area (Å²) in [6.07, 6.45) is 9.66. The number of hydrogen-bond acceptors (Lipinski definition) is 5. The Balaban J connectivity index is 1.28. The summed E-state index contributed by atoms with van der Waals surface area (Å²) in [5.41, 5.74) is 3.38. The average molecular weight is 373 g/mol. The van der Waals surface area contributed by atoms with E-state index >= 15 is 0 Å². The van der Waals surface area contributed by atoms with Crippen molar-refractivity contribution in [2.24, 2.45) is 5.92 Å². The van der Waals surface area contributed by atoms with Crippen molar-refractivity contribution >= 4 is 16.9 Å². The predicted molar refractivity (Wildman–Crippen MR) is 107 cm³/mol. The van der Waals surface area contributed by atoms with E-state index in [1.165, 1.54) is 18.4 Å². The molecule has 0 spiro atoms. The molecule has 1 aliphatic carbocycles. The normalized spacial score (nSPS) is 17.1. The highest BCUT2D eigenvalue weighted by molar-refractivity contribution is 6.04. The van der Waals surface area contributed by atoms with Crippen LogP contribution >= 0.6 is 0 Å². The number of carbonyl (C=O) groups is 1. The van der Waals surface area contributed by atoms with Gasteiger partial charge in [-0.15, -0.1) is 0 Å². The van der Waals surface area contributed by atoms with Crippen LogP contribution in [0.2, 0.25) is 0 Å². The number of fused-ring (bicyclic) bond motifs is 1. The molecule has 2 aromatic heterocycles. The molecule has 3 heterocycles. The lowest BCUT2D eigenvalue weighted by molar-refractivity contribution is 0.0221. The molecule has 1 saturated carbocycles. The number of nitrogens with zero attached hydrogens (tertiary/aromatic N) is 5. The van der Waals surface area contributed by atoms with Gasteiger partial charge >= 0.3 is 0 Å². The number of benzene rings is 1. The maximum Gasteiger partial charge on any atom is 0.256 e. The number of hydrogen-bond donors (Lipinski definition) is 0. The van der Waals surface area contributed by atoms with Gasteiger partial charge in [-0.2, -0.15) is 0 Å². The van der Waals surface area contributed by atoms with E-state index in [-0.39, 0.29) is 5.91 Å². The maximum atomic E-state index is 13.0. The van der Waals surface area contributed by atoms with Crippen LogP contribution < -0.4 is 0 Å². The quantitative estimate of drug-likeness (QED) is 0.665. The first-order valence-corrected chi connectivity index (χ1v) is 9.90. The predicted octanol–water partition coefficient (Wildman–Crippen LogP) is 2.76. The van der Waals surface area contributed by atoms with Gasteiger partial charge in [0.05, 0.1) is 11.1 Å². The Hall–Kier alpha value is -2.86. The van der Waals surface area contributed by atoms with Crippen LogP contribution in [0.4, 0.5) is 0 Å². The van der Waals surface area contributed by atoms with Crippen molar-refractivity contribution in [3.8, 4) is 0 Å². The summed E-state index contributed by atoms with van der Waals surface area (Å²) in [5.74, 6) is 0.873. The topological polar surface area (TPSA) is 62.2 Å². The Bertz CT molecular complexity index is 977. The number of carbonyl (C=O) groups excluding carboxylic acids is 1. The van der Waals surface area contributed by atoms with E-state index < -0.39 is 0 Å². The Kier molecular flexibility index (Phi) is 4.49. The van der Waals surface area contributed by atoms with Crippen molar-refractivity contribution in [2.75, 3.05) is 19.6 Å². The lowest BCUT2D eigenvalue weighted by Crippen LogP contribution is -2.61. The number of pyridine rings is 1. The van der Waals surface area contributed by atoms with Crippen LogP contribution in [0, 0.1) is 5.92 Å². The van der Waals surface area contributed by atoms with Crippen molar-refractivity contribution < 1.29 is 4.79 Å². The number of likely N-dealkylation sites (tertiary alicyclic amines) is 1. The van der Waals surface area contributed by atoms with Gasteiger partial charge in [-0.25, -0.2) is 0 Å². The van der Waals surface area contributed by atoms with Crippen LogP contribution in [-0.4, -0.2) is 56.3 Å². The summed E-state index contributed by atoms with van der Waals surface area (Å²) in [6, 6.07) is 10.2. The number of rotatable bonds is 6. The highest BCUT2D eigenvalue weighted by atomic mass is 16.2. The van der Waals surface area contributed by atoms with E-state index in [1.807, 2.05) is 35.5 Å². The molecule has 28 heavy (non-hydrogen) atoms. The third kappa shape index (κ3) is 3.47. The molecule has 1 aromatic carbocycles. The standard InChI is InChI=1S/C22H23N5O/c28-22(19-2-1-3-20-21(19)25-11-10-24-20)27-14-18(15-27)26(12-16-4-5-16)13-17-6-8-23-9-7-17/h1-3,6-11,16,18H,4-5,12-15H2. The first kappa shape index (κ1) is 17.3. The molecule has 2 fully saturated rings. The van der Waals surface area contributed by atoms with Gasteiger partial charge in [-0.05, 0) is 48.6 Å². The molecule has 142 valence electrons. The molecule has 6 nitrogen and oxygen atoms in total. The van der Waals surface area contributed by atoms with E-state index in [1.54, 1.807) is 12.4 Å². The largest absolute Gasteiger partial charge is 0.335 e. The summed E-state index contributed by atoms with van der Waals surface area (Å²) in [4.78, 5) is 30.3. The second kappa shape index (κ2) is 7.28. The molecule has 1 saturated heterocycles. The van der Waals surface area contributed by atoms with Crippen molar-refractivity contribution in [3.63, 3.8) is 0 Å². The lowest BCUT2D eigenvalue weighted by atomic mass is 10.0. The molecule has 0 radical (unpaired) electrons. The van der Waals surface area contributed by atoms with Crippen molar-refractivity contribution in [2.45, 2.75) is 25.4 Å². The van der Waals surface area contributed by atoms with E-state index in [0.717, 1.165) is 37.6 Å². The van der Waals surface area contributed by atoms with Crippen LogP contribution in [-0.2, 0) is 6.54 Å². The van der Waals surface area contributed by atoms with Crippen molar-refractivity contribution in [1.82, 2.24) is 24.8 Å². The van der Waals surface area contributed by atoms with Crippen molar-refractivity contribution in [1.29, 1.82) is 0 Å². The van der Waals surface area contributed by atoms with Crippen molar-refractivity contribution in [3.05, 3.63) is 66.2 Å². The molecule has 0 atom stereocenters. The molecule has 0 unspecified atom stereocenters. The second-order valence-corrected chi connectivity index (χ2v) is 7.82. The Morgan fingerprint density at radius 3 is 2.61 bits per heavy atom. The minimum atomic E-state index is 0.0534. The van der Waals surface area contributed by atoms with Gasteiger partial charge in [0.15, 0.2) is 0 Å². The summed E-state index contributed by atoms with van der Waals surface area (Å²) < 4.78 is 0. The van der Waals surface area contributed by atoms with Gasteiger partial charge in [0.2, 0.25) is 0 Å². The van der Waals surface area contributed by atoms with E-state index in [4.69, 9.17) is 0 Å². The Morgan fingerprint density at radius 1 is 1.04 bits per heavy atom. The second-order valence-electron chi connectivity index (χ2n) is 7.82. The Morgan fingerprint density at radius 2 is 1.82 bits per heavy atom. The summed E-state index contributed by atoms with van der Waals surface area (Å²) >= 11 is 0. The highest BCUT2D eigenvalue weighted by Gasteiger charge is 2.37. The smallest absolute Gasteiger partial charge is 0.256 e. The highest BCUT2D eigenvalue weighted by Crippen LogP contribution is 2.32. The zero-order chi connectivity index (χ0) is 18.9. The average Bonchev–Trinajstić information content (AvgIpc) is 3.51. The summed E-state index contributed by atoms with van der Waals surface area (Å²) in [6.45, 7) is 3.58. The van der Waals surface area contributed by atoms with E-state index in [2.05, 4.69) is 32.0 Å². The molecule has 3 aromatic rings. The minimum Gasteiger partial charge on any atom is -0.335 e. The first-order chi connectivity index (χ1) is 13.8. The number of aromatic nitrogens is 3. The molecule has 5 rings (SSSR count). The molecular formula is C22H23N5O. The third-order valence-electron chi connectivity index (χ3n) is 5.72. The van der Waals surface area contributed by atoms with Crippen LogP contribution in [0.25, 0.3) is 11.0 Å². The van der Waals surface area contributed by atoms with Crippen LogP contribution in [0.1, 0.15) is 28.8 Å². The number of para-hydroxylation sites is 1. The summed E-state index contributed by atoms with van der Waals surface area (Å²) in [5, 5.41) is 0. The van der Waals surface area contributed by atoms with E-state index in [9.17, 15) is 4.79 Å². The van der Waals surface area contributed by atoms with Gasteiger partial charge in [0.1, 0.15) is 5.52 Å². The lowest BCUT2D eigenvalue weighted by Gasteiger charge is -2.45. The fraction of sp³-hybridized carbons (Fsp3) is 0.364. The van der Waals surface area contributed by atoms with E-state index in [0.29, 0.717) is 17.1 Å². The van der Waals surface area contributed by atoms with Gasteiger partial charge in [-0.3, -0.25) is 24.6 Å². The fourth-order valence-corrected chi connectivity index (χ4v) is 3.89. The van der Waals surface area contributed by atoms with Crippen LogP contribution in [0.15, 0.2) is 55.1 Å². The van der Waals surface area contributed by atoms with Crippen LogP contribution in [0.5, 0.6) is 0 Å². The van der Waals surface area contributed by atoms with Gasteiger partial charge < -0.3 is 4.90 Å². The molecule has 2 aliphatic rings. The first-order valence-electron chi connectivity index (χ1n) is 9.90. The molecule has 1 amide bonds. The molecular weight excluding hydrogens is 350 g/mol. The molecule has 1 aliphatic heterocycles. The minimum absolute atomic E-state index is 0.0534. The Labute approximate surface area is 164 Å². The monoisotopic (exact) mass is 373 g/mol. The molecule has 0 N–H and O–H groups in total. The van der Waals surface area contributed by atoms with Gasteiger partial charge in [-0.1, -0.05) is 6.07 Å².